The summed E-state index contributed by atoms with van der Waals surface area (Å²) in [4.78, 5) is 14.8. The summed E-state index contributed by atoms with van der Waals surface area (Å²) in [6.07, 6.45) is 4.07. The van der Waals surface area contributed by atoms with Crippen LogP contribution >= 0.6 is 11.9 Å². The maximum absolute atomic E-state index is 11.2. The maximum atomic E-state index is 11.2. The van der Waals surface area contributed by atoms with Gasteiger partial charge in [0.05, 0.1) is 0 Å². The second-order valence-electron chi connectivity index (χ2n) is 2.77. The van der Waals surface area contributed by atoms with Crippen molar-refractivity contribution in [3.8, 4) is 0 Å². The van der Waals surface area contributed by atoms with Gasteiger partial charge in [0.2, 0.25) is 0 Å². The lowest BCUT2D eigenvalue weighted by atomic mass is 10.6. The SMILES string of the molecule is Nc1ccn(SC2CC2)c(=O)n1. The fourth-order valence-electron chi connectivity index (χ4n) is 0.819. The van der Waals surface area contributed by atoms with Crippen LogP contribution in [0.5, 0.6) is 0 Å². The predicted molar refractivity (Wildman–Crippen MR) is 48.9 cm³/mol. The summed E-state index contributed by atoms with van der Waals surface area (Å²) < 4.78 is 1.54. The highest BCUT2D eigenvalue weighted by atomic mass is 32.2. The lowest BCUT2D eigenvalue weighted by Crippen LogP contribution is -2.19. The molecule has 64 valence electrons. The molecule has 1 aromatic rings. The highest BCUT2D eigenvalue weighted by Crippen LogP contribution is 2.33. The zero-order valence-electron chi connectivity index (χ0n) is 6.43. The molecular formula is C7H9N3OS. The van der Waals surface area contributed by atoms with Gasteiger partial charge in [0.25, 0.3) is 0 Å². The molecule has 1 aromatic heterocycles. The molecular weight excluding hydrogens is 174 g/mol. The standard InChI is InChI=1S/C7H9N3OS/c8-6-3-4-10(7(11)9-6)12-5-1-2-5/h3-5H,1-2H2,(H2,8,9,11). The van der Waals surface area contributed by atoms with E-state index in [-0.39, 0.29) is 11.5 Å². The average molecular weight is 183 g/mol. The first-order chi connectivity index (χ1) is 5.75. The molecule has 0 bridgehead atoms. The molecule has 5 heteroatoms. The zero-order chi connectivity index (χ0) is 8.55. The topological polar surface area (TPSA) is 60.9 Å². The number of nitrogen functional groups attached to an aromatic ring is 1. The Bertz CT molecular complexity index is 345. The van der Waals surface area contributed by atoms with E-state index in [1.807, 2.05) is 0 Å². The van der Waals surface area contributed by atoms with Crippen LogP contribution in [0.1, 0.15) is 12.8 Å². The largest absolute Gasteiger partial charge is 0.383 e. The number of hydrogen-bond donors (Lipinski definition) is 1. The van der Waals surface area contributed by atoms with Crippen LogP contribution in [0.25, 0.3) is 0 Å². The van der Waals surface area contributed by atoms with E-state index in [1.165, 1.54) is 28.8 Å². The van der Waals surface area contributed by atoms with Crippen molar-refractivity contribution in [2.75, 3.05) is 5.73 Å². The second kappa shape index (κ2) is 2.82. The van der Waals surface area contributed by atoms with Crippen LogP contribution in [0.3, 0.4) is 0 Å². The van der Waals surface area contributed by atoms with Crippen LogP contribution in [-0.2, 0) is 0 Å². The van der Waals surface area contributed by atoms with Crippen LogP contribution in [0, 0.1) is 0 Å². The van der Waals surface area contributed by atoms with Gasteiger partial charge in [0.1, 0.15) is 5.82 Å². The minimum Gasteiger partial charge on any atom is -0.383 e. The monoisotopic (exact) mass is 183 g/mol. The first kappa shape index (κ1) is 7.67. The third-order valence-corrected chi connectivity index (χ3v) is 2.86. The van der Waals surface area contributed by atoms with Gasteiger partial charge >= 0.3 is 5.69 Å². The van der Waals surface area contributed by atoms with Crippen LogP contribution in [0.4, 0.5) is 5.82 Å². The van der Waals surface area contributed by atoms with Gasteiger partial charge in [-0.1, -0.05) is 0 Å². The highest BCUT2D eigenvalue weighted by molar-refractivity contribution is 7.98. The number of hydrogen-bond acceptors (Lipinski definition) is 4. The molecule has 2 N–H and O–H groups in total. The van der Waals surface area contributed by atoms with Crippen molar-refractivity contribution in [1.82, 2.24) is 8.96 Å². The van der Waals surface area contributed by atoms with Crippen molar-refractivity contribution < 1.29 is 0 Å². The molecule has 1 fully saturated rings. The smallest absolute Gasteiger partial charge is 0.359 e. The summed E-state index contributed by atoms with van der Waals surface area (Å²) in [6, 6.07) is 1.64. The number of anilines is 1. The molecule has 2 rings (SSSR count). The fraction of sp³-hybridized carbons (Fsp3) is 0.429. The molecule has 4 nitrogen and oxygen atoms in total. The Morgan fingerprint density at radius 3 is 3.00 bits per heavy atom. The van der Waals surface area contributed by atoms with E-state index in [0.29, 0.717) is 5.25 Å². The summed E-state index contributed by atoms with van der Waals surface area (Å²) in [5.74, 6) is 0.285. The number of aromatic nitrogens is 2. The first-order valence-electron chi connectivity index (χ1n) is 3.78. The second-order valence-corrected chi connectivity index (χ2v) is 4.04. The van der Waals surface area contributed by atoms with Crippen LogP contribution in [0.2, 0.25) is 0 Å². The Kier molecular flexibility index (Phi) is 1.80. The minimum atomic E-state index is -0.271. The summed E-state index contributed by atoms with van der Waals surface area (Å²) >= 11 is 1.53. The average Bonchev–Trinajstić information content (AvgIpc) is 2.79. The zero-order valence-corrected chi connectivity index (χ0v) is 7.25. The first-order valence-corrected chi connectivity index (χ1v) is 4.62. The number of rotatable bonds is 2. The Balaban J connectivity index is 2.24. The van der Waals surface area contributed by atoms with Gasteiger partial charge in [-0.3, -0.25) is 0 Å². The van der Waals surface area contributed by atoms with Gasteiger partial charge in [-0.2, -0.15) is 4.98 Å². The number of nitrogens with zero attached hydrogens (tertiary/aromatic N) is 2. The van der Waals surface area contributed by atoms with Crippen molar-refractivity contribution in [2.45, 2.75) is 18.1 Å². The van der Waals surface area contributed by atoms with Gasteiger partial charge < -0.3 is 5.73 Å². The Morgan fingerprint density at radius 2 is 2.42 bits per heavy atom. The van der Waals surface area contributed by atoms with Crippen LogP contribution in [-0.4, -0.2) is 14.2 Å². The predicted octanol–water partition coefficient (Wildman–Crippen LogP) is 0.484. The van der Waals surface area contributed by atoms with Crippen molar-refractivity contribution in [1.29, 1.82) is 0 Å². The molecule has 0 radical (unpaired) electrons. The van der Waals surface area contributed by atoms with Gasteiger partial charge in [-0.25, -0.2) is 8.77 Å². The summed E-state index contributed by atoms with van der Waals surface area (Å²) in [6.45, 7) is 0. The molecule has 0 saturated heterocycles. The molecule has 12 heavy (non-hydrogen) atoms. The van der Waals surface area contributed by atoms with E-state index < -0.39 is 0 Å². The summed E-state index contributed by atoms with van der Waals surface area (Å²) in [5.41, 5.74) is 5.07. The highest BCUT2D eigenvalue weighted by Gasteiger charge is 2.23. The van der Waals surface area contributed by atoms with Gasteiger partial charge in [0, 0.05) is 11.4 Å². The molecule has 0 atom stereocenters. The molecule has 1 aliphatic rings. The van der Waals surface area contributed by atoms with E-state index in [4.69, 9.17) is 5.73 Å². The quantitative estimate of drug-likeness (QED) is 0.724. The van der Waals surface area contributed by atoms with E-state index >= 15 is 0 Å². The Hall–Kier alpha value is -0.970. The molecule has 1 saturated carbocycles. The summed E-state index contributed by atoms with van der Waals surface area (Å²) in [7, 11) is 0. The van der Waals surface area contributed by atoms with Crippen molar-refractivity contribution >= 4 is 17.8 Å². The van der Waals surface area contributed by atoms with E-state index in [2.05, 4.69) is 4.98 Å². The van der Waals surface area contributed by atoms with Gasteiger partial charge in [-0.15, -0.1) is 0 Å². The van der Waals surface area contributed by atoms with Gasteiger partial charge in [0.15, 0.2) is 0 Å². The molecule has 1 heterocycles. The third kappa shape index (κ3) is 1.61. The third-order valence-electron chi connectivity index (χ3n) is 1.58. The Morgan fingerprint density at radius 1 is 1.67 bits per heavy atom. The lowest BCUT2D eigenvalue weighted by molar-refractivity contribution is 1.02. The number of nitrogens with two attached hydrogens (primary N) is 1. The molecule has 1 aliphatic carbocycles. The fourth-order valence-corrected chi connectivity index (χ4v) is 1.75. The normalized spacial score (nSPS) is 16.3. The summed E-state index contributed by atoms with van der Waals surface area (Å²) in [5, 5.41) is 0.605. The van der Waals surface area contributed by atoms with Crippen molar-refractivity contribution in [3.05, 3.63) is 22.7 Å². The Labute approximate surface area is 73.9 Å². The molecule has 0 unspecified atom stereocenters. The van der Waals surface area contributed by atoms with E-state index in [0.717, 1.165) is 0 Å². The minimum absolute atomic E-state index is 0.271. The maximum Gasteiger partial charge on any atom is 0.359 e. The van der Waals surface area contributed by atoms with Crippen molar-refractivity contribution in [3.63, 3.8) is 0 Å². The molecule has 0 aromatic carbocycles. The van der Waals surface area contributed by atoms with E-state index in [9.17, 15) is 4.79 Å². The van der Waals surface area contributed by atoms with Gasteiger partial charge in [-0.05, 0) is 30.9 Å². The van der Waals surface area contributed by atoms with Crippen LogP contribution < -0.4 is 11.4 Å². The molecule has 0 spiro atoms. The van der Waals surface area contributed by atoms with E-state index in [1.54, 1.807) is 12.3 Å². The molecule has 0 aliphatic heterocycles. The lowest BCUT2D eigenvalue weighted by Gasteiger charge is -2.00. The van der Waals surface area contributed by atoms with Crippen LogP contribution in [0.15, 0.2) is 17.1 Å². The molecule has 0 amide bonds. The van der Waals surface area contributed by atoms with Crippen molar-refractivity contribution in [2.24, 2.45) is 0 Å².